The maximum atomic E-state index is 12.3. The van der Waals surface area contributed by atoms with Crippen LogP contribution in [-0.4, -0.2) is 41.1 Å². The summed E-state index contributed by atoms with van der Waals surface area (Å²) in [5.41, 5.74) is 6.87. The summed E-state index contributed by atoms with van der Waals surface area (Å²) >= 11 is 0. The van der Waals surface area contributed by atoms with Crippen molar-refractivity contribution >= 4 is 17.7 Å². The third kappa shape index (κ3) is 5.17. The summed E-state index contributed by atoms with van der Waals surface area (Å²) in [5.74, 6) is -0.880. The molecule has 1 atom stereocenters. The number of nitrogens with two attached hydrogens (primary N) is 1. The number of benzene rings is 1. The van der Waals surface area contributed by atoms with Crippen LogP contribution < -0.4 is 15.8 Å². The van der Waals surface area contributed by atoms with Gasteiger partial charge in [0.05, 0.1) is 24.8 Å². The minimum absolute atomic E-state index is 0.0545. The second kappa shape index (κ2) is 9.32. The number of carbonyl (C=O) groups is 2. The van der Waals surface area contributed by atoms with Crippen LogP contribution in [0.2, 0.25) is 0 Å². The number of hydrogen-bond acceptors (Lipinski definition) is 8. The molecule has 2 rings (SSSR count). The van der Waals surface area contributed by atoms with Crippen LogP contribution >= 0.6 is 0 Å². The predicted molar refractivity (Wildman–Crippen MR) is 101 cm³/mol. The number of nitrogens with one attached hydrogen (secondary N) is 1. The molecular formula is C19H21N5O4. The zero-order valence-corrected chi connectivity index (χ0v) is 15.9. The normalized spacial score (nSPS) is 11.2. The second-order valence-electron chi connectivity index (χ2n) is 5.89. The van der Waals surface area contributed by atoms with E-state index in [0.29, 0.717) is 11.1 Å². The molecule has 0 unspecified atom stereocenters. The van der Waals surface area contributed by atoms with Gasteiger partial charge in [0.15, 0.2) is 11.4 Å². The maximum absolute atomic E-state index is 12.3. The molecular weight excluding hydrogens is 362 g/mol. The monoisotopic (exact) mass is 383 g/mol. The van der Waals surface area contributed by atoms with Gasteiger partial charge in [-0.1, -0.05) is 12.1 Å². The Bertz CT molecular complexity index is 923. The van der Waals surface area contributed by atoms with Crippen molar-refractivity contribution in [2.24, 2.45) is 0 Å². The fourth-order valence-electron chi connectivity index (χ4n) is 2.31. The quantitative estimate of drug-likeness (QED) is 0.688. The summed E-state index contributed by atoms with van der Waals surface area (Å²) in [5, 5.41) is 11.7. The van der Waals surface area contributed by atoms with Gasteiger partial charge >= 0.3 is 5.97 Å². The molecule has 0 aliphatic rings. The molecule has 0 radical (unpaired) electrons. The first-order chi connectivity index (χ1) is 13.3. The first-order valence-corrected chi connectivity index (χ1v) is 8.62. The largest absolute Gasteiger partial charge is 0.472 e. The molecule has 1 aromatic carbocycles. The van der Waals surface area contributed by atoms with Gasteiger partial charge in [0.2, 0.25) is 11.8 Å². The molecule has 3 N–H and O–H groups in total. The number of nitrogens with zero attached hydrogens (tertiary/aromatic N) is 3. The highest BCUT2D eigenvalue weighted by molar-refractivity contribution is 5.97. The van der Waals surface area contributed by atoms with Crippen LogP contribution in [0.5, 0.6) is 5.88 Å². The molecule has 28 heavy (non-hydrogen) atoms. The zero-order chi connectivity index (χ0) is 20.7. The Morgan fingerprint density at radius 3 is 2.75 bits per heavy atom. The van der Waals surface area contributed by atoms with Gasteiger partial charge in [-0.25, -0.2) is 9.78 Å². The number of nitriles is 1. The van der Waals surface area contributed by atoms with Crippen LogP contribution in [0, 0.1) is 11.3 Å². The van der Waals surface area contributed by atoms with E-state index in [-0.39, 0.29) is 42.1 Å². The molecule has 9 heteroatoms. The van der Waals surface area contributed by atoms with E-state index in [4.69, 9.17) is 20.5 Å². The first kappa shape index (κ1) is 20.6. The topological polar surface area (TPSA) is 140 Å². The number of esters is 1. The Hall–Kier alpha value is -3.67. The Morgan fingerprint density at radius 2 is 2.11 bits per heavy atom. The van der Waals surface area contributed by atoms with E-state index in [1.54, 1.807) is 38.1 Å². The van der Waals surface area contributed by atoms with E-state index in [0.717, 1.165) is 0 Å². The molecule has 9 nitrogen and oxygen atoms in total. The number of nitrogen functional groups attached to an aromatic ring is 1. The molecule has 1 heterocycles. The van der Waals surface area contributed by atoms with Crippen molar-refractivity contribution in [2.75, 3.05) is 18.9 Å². The Kier molecular flexibility index (Phi) is 6.87. The van der Waals surface area contributed by atoms with E-state index in [1.165, 1.54) is 6.92 Å². The predicted octanol–water partition coefficient (Wildman–Crippen LogP) is 1.68. The van der Waals surface area contributed by atoms with Gasteiger partial charge in [0.25, 0.3) is 0 Å². The summed E-state index contributed by atoms with van der Waals surface area (Å²) < 4.78 is 10.8. The van der Waals surface area contributed by atoms with Crippen molar-refractivity contribution in [3.63, 3.8) is 0 Å². The van der Waals surface area contributed by atoms with Crippen molar-refractivity contribution in [2.45, 2.75) is 26.9 Å². The van der Waals surface area contributed by atoms with E-state index in [9.17, 15) is 9.59 Å². The lowest BCUT2D eigenvalue weighted by Crippen LogP contribution is -2.32. The van der Waals surface area contributed by atoms with Gasteiger partial charge in [-0.05, 0) is 26.0 Å². The van der Waals surface area contributed by atoms with Crippen molar-refractivity contribution in [1.82, 2.24) is 15.3 Å². The molecule has 2 aromatic rings. The molecule has 1 aromatic heterocycles. The number of hydrogen-bond donors (Lipinski definition) is 2. The van der Waals surface area contributed by atoms with Gasteiger partial charge in [-0.3, -0.25) is 4.79 Å². The molecule has 146 valence electrons. The first-order valence-electron chi connectivity index (χ1n) is 8.62. The van der Waals surface area contributed by atoms with Gasteiger partial charge < -0.3 is 20.5 Å². The number of aromatic nitrogens is 2. The average molecular weight is 383 g/mol. The minimum Gasteiger partial charge on any atom is -0.472 e. The Balaban J connectivity index is 2.47. The number of rotatable bonds is 7. The van der Waals surface area contributed by atoms with Crippen LogP contribution in [0.4, 0.5) is 5.82 Å². The number of carbonyl (C=O) groups excluding carboxylic acids is 2. The van der Waals surface area contributed by atoms with Crippen LogP contribution in [0.3, 0.4) is 0 Å². The third-order valence-corrected chi connectivity index (χ3v) is 3.58. The standard InChI is InChI=1S/C19H21N5O4/c1-4-27-19(26)15-16(21)23-17(14-7-5-6-13(8-14)9-20)24-18(15)28-11(2)10-22-12(3)25/h5-8,11H,4,10H2,1-3H3,(H,22,25)(H2,21,23,24)/t11-/m1/s1. The van der Waals surface area contributed by atoms with Gasteiger partial charge in [-0.15, -0.1) is 0 Å². The number of ether oxygens (including phenoxy) is 2. The lowest BCUT2D eigenvalue weighted by Gasteiger charge is -2.18. The molecule has 0 aliphatic heterocycles. The van der Waals surface area contributed by atoms with Crippen molar-refractivity contribution < 1.29 is 19.1 Å². The molecule has 0 fully saturated rings. The third-order valence-electron chi connectivity index (χ3n) is 3.58. The summed E-state index contributed by atoms with van der Waals surface area (Å²) in [6.45, 7) is 5.11. The fourth-order valence-corrected chi connectivity index (χ4v) is 2.31. The molecule has 0 bridgehead atoms. The van der Waals surface area contributed by atoms with E-state index >= 15 is 0 Å². The van der Waals surface area contributed by atoms with Crippen molar-refractivity contribution in [3.05, 3.63) is 35.4 Å². The summed E-state index contributed by atoms with van der Waals surface area (Å²) in [4.78, 5) is 31.9. The average Bonchev–Trinajstić information content (AvgIpc) is 2.66. The van der Waals surface area contributed by atoms with E-state index < -0.39 is 12.1 Å². The highest BCUT2D eigenvalue weighted by atomic mass is 16.5. The van der Waals surface area contributed by atoms with Gasteiger partial charge in [0, 0.05) is 12.5 Å². The van der Waals surface area contributed by atoms with Crippen LogP contribution in [0.15, 0.2) is 24.3 Å². The molecule has 0 aliphatic carbocycles. The smallest absolute Gasteiger partial charge is 0.347 e. The van der Waals surface area contributed by atoms with Crippen LogP contribution in [0.25, 0.3) is 11.4 Å². The summed E-state index contributed by atoms with van der Waals surface area (Å²) in [6.07, 6.45) is -0.496. The van der Waals surface area contributed by atoms with E-state index in [1.807, 2.05) is 6.07 Å². The van der Waals surface area contributed by atoms with Crippen molar-refractivity contribution in [1.29, 1.82) is 5.26 Å². The Morgan fingerprint density at radius 1 is 1.36 bits per heavy atom. The second-order valence-corrected chi connectivity index (χ2v) is 5.89. The number of amides is 1. The molecule has 0 spiro atoms. The maximum Gasteiger partial charge on any atom is 0.347 e. The Labute approximate surface area is 162 Å². The summed E-state index contributed by atoms with van der Waals surface area (Å²) in [6, 6.07) is 8.69. The van der Waals surface area contributed by atoms with Gasteiger partial charge in [-0.2, -0.15) is 10.2 Å². The summed E-state index contributed by atoms with van der Waals surface area (Å²) in [7, 11) is 0. The van der Waals surface area contributed by atoms with Crippen molar-refractivity contribution in [3.8, 4) is 23.3 Å². The number of anilines is 1. The highest BCUT2D eigenvalue weighted by Crippen LogP contribution is 2.27. The minimum atomic E-state index is -0.709. The molecule has 0 saturated carbocycles. The zero-order valence-electron chi connectivity index (χ0n) is 15.9. The molecule has 1 amide bonds. The lowest BCUT2D eigenvalue weighted by molar-refractivity contribution is -0.119. The van der Waals surface area contributed by atoms with E-state index in [2.05, 4.69) is 15.3 Å². The fraction of sp³-hybridized carbons (Fsp3) is 0.316. The van der Waals surface area contributed by atoms with Gasteiger partial charge in [0.1, 0.15) is 11.9 Å². The highest BCUT2D eigenvalue weighted by Gasteiger charge is 2.24. The lowest BCUT2D eigenvalue weighted by atomic mass is 10.1. The van der Waals surface area contributed by atoms with Crippen LogP contribution in [0.1, 0.15) is 36.7 Å². The SMILES string of the molecule is CCOC(=O)c1c(N)nc(-c2cccc(C#N)c2)nc1O[C@H](C)CNC(C)=O. The molecule has 0 saturated heterocycles. The van der Waals surface area contributed by atoms with Crippen LogP contribution in [-0.2, 0) is 9.53 Å².